The van der Waals surface area contributed by atoms with Crippen molar-refractivity contribution >= 4 is 0 Å². The topological polar surface area (TPSA) is 65.5 Å². The Labute approximate surface area is 148 Å². The first kappa shape index (κ1) is 16.7. The standard InChI is InChI=1S/C21H24O4/c1-21(2,15-7-3-13(4-8-15)19-17(11-22)24-19)16-9-5-14(6-10-16)20-18(12-23)25-20/h3-10,17-20,22-23H,11-12H2,1-2H3. The molecule has 0 aromatic heterocycles. The van der Waals surface area contributed by atoms with Crippen LogP contribution in [0.25, 0.3) is 0 Å². The largest absolute Gasteiger partial charge is 0.394 e. The summed E-state index contributed by atoms with van der Waals surface area (Å²) in [6.45, 7) is 4.58. The number of hydrogen-bond donors (Lipinski definition) is 2. The van der Waals surface area contributed by atoms with E-state index >= 15 is 0 Å². The van der Waals surface area contributed by atoms with Crippen molar-refractivity contribution in [1.82, 2.24) is 0 Å². The zero-order valence-corrected chi connectivity index (χ0v) is 14.6. The van der Waals surface area contributed by atoms with Crippen molar-refractivity contribution in [3.63, 3.8) is 0 Å². The van der Waals surface area contributed by atoms with Crippen LogP contribution in [0.5, 0.6) is 0 Å². The van der Waals surface area contributed by atoms with Crippen molar-refractivity contribution in [2.45, 2.75) is 43.7 Å². The van der Waals surface area contributed by atoms with Gasteiger partial charge in [-0.1, -0.05) is 62.4 Å². The van der Waals surface area contributed by atoms with Gasteiger partial charge < -0.3 is 19.7 Å². The fraction of sp³-hybridized carbons (Fsp3) is 0.429. The molecule has 4 atom stereocenters. The number of benzene rings is 2. The summed E-state index contributed by atoms with van der Waals surface area (Å²) in [5.41, 5.74) is 4.60. The van der Waals surface area contributed by atoms with E-state index in [1.54, 1.807) is 0 Å². The highest BCUT2D eigenvalue weighted by Gasteiger charge is 2.40. The molecule has 0 bridgehead atoms. The maximum absolute atomic E-state index is 9.12. The zero-order chi connectivity index (χ0) is 17.6. The highest BCUT2D eigenvalue weighted by molar-refractivity contribution is 5.41. The lowest BCUT2D eigenvalue weighted by Crippen LogP contribution is -2.18. The Morgan fingerprint density at radius 2 is 1.08 bits per heavy atom. The minimum Gasteiger partial charge on any atom is -0.394 e. The third-order valence-electron chi connectivity index (χ3n) is 5.45. The molecule has 0 amide bonds. The van der Waals surface area contributed by atoms with Crippen LogP contribution in [0.2, 0.25) is 0 Å². The van der Waals surface area contributed by atoms with Gasteiger partial charge in [-0.25, -0.2) is 0 Å². The van der Waals surface area contributed by atoms with E-state index in [0.29, 0.717) is 0 Å². The number of rotatable bonds is 6. The number of aliphatic hydroxyl groups is 2. The van der Waals surface area contributed by atoms with Crippen LogP contribution in [0.1, 0.15) is 48.3 Å². The van der Waals surface area contributed by atoms with Crippen LogP contribution >= 0.6 is 0 Å². The van der Waals surface area contributed by atoms with Crippen LogP contribution in [0, 0.1) is 0 Å². The predicted molar refractivity (Wildman–Crippen MR) is 94.4 cm³/mol. The molecule has 2 heterocycles. The van der Waals surface area contributed by atoms with Crippen molar-refractivity contribution < 1.29 is 19.7 Å². The Balaban J connectivity index is 1.50. The predicted octanol–water partition coefficient (Wildman–Crippen LogP) is 2.88. The van der Waals surface area contributed by atoms with Crippen LogP contribution in [-0.4, -0.2) is 35.6 Å². The molecule has 2 aliphatic rings. The molecule has 4 nitrogen and oxygen atoms in total. The quantitative estimate of drug-likeness (QED) is 0.794. The highest BCUT2D eigenvalue weighted by atomic mass is 16.6. The van der Waals surface area contributed by atoms with Gasteiger partial charge in [-0.3, -0.25) is 0 Å². The average Bonchev–Trinajstić information content (AvgIpc) is 3.55. The van der Waals surface area contributed by atoms with Gasteiger partial charge in [0.25, 0.3) is 0 Å². The van der Waals surface area contributed by atoms with Gasteiger partial charge >= 0.3 is 0 Å². The molecular weight excluding hydrogens is 316 g/mol. The summed E-state index contributed by atoms with van der Waals surface area (Å²) >= 11 is 0. The van der Waals surface area contributed by atoms with E-state index in [-0.39, 0.29) is 43.0 Å². The molecule has 132 valence electrons. The van der Waals surface area contributed by atoms with Gasteiger partial charge in [0.05, 0.1) is 13.2 Å². The minimum absolute atomic E-state index is 0.0412. The molecule has 0 saturated carbocycles. The fourth-order valence-corrected chi connectivity index (χ4v) is 3.50. The second-order valence-electron chi connectivity index (χ2n) is 7.42. The molecule has 2 aromatic carbocycles. The Bertz CT molecular complexity index is 672. The smallest absolute Gasteiger partial charge is 0.112 e. The van der Waals surface area contributed by atoms with Crippen LogP contribution in [0.4, 0.5) is 0 Å². The molecule has 2 aliphatic heterocycles. The maximum Gasteiger partial charge on any atom is 0.112 e. The van der Waals surface area contributed by atoms with Crippen molar-refractivity contribution in [1.29, 1.82) is 0 Å². The fourth-order valence-electron chi connectivity index (χ4n) is 3.50. The van der Waals surface area contributed by atoms with E-state index in [4.69, 9.17) is 19.7 Å². The summed E-state index contributed by atoms with van der Waals surface area (Å²) in [4.78, 5) is 0. The first-order valence-corrected chi connectivity index (χ1v) is 8.78. The summed E-state index contributed by atoms with van der Waals surface area (Å²) in [5.74, 6) is 0. The lowest BCUT2D eigenvalue weighted by atomic mass is 9.77. The van der Waals surface area contributed by atoms with E-state index in [1.807, 2.05) is 0 Å². The Kier molecular flexibility index (Phi) is 4.16. The van der Waals surface area contributed by atoms with Gasteiger partial charge in [-0.2, -0.15) is 0 Å². The van der Waals surface area contributed by atoms with Crippen LogP contribution in [-0.2, 0) is 14.9 Å². The average molecular weight is 340 g/mol. The van der Waals surface area contributed by atoms with E-state index in [9.17, 15) is 0 Å². The summed E-state index contributed by atoms with van der Waals surface area (Å²) in [7, 11) is 0. The third-order valence-corrected chi connectivity index (χ3v) is 5.45. The molecule has 4 rings (SSSR count). The molecule has 2 saturated heterocycles. The van der Waals surface area contributed by atoms with E-state index < -0.39 is 0 Å². The van der Waals surface area contributed by atoms with Crippen LogP contribution in [0.3, 0.4) is 0 Å². The van der Waals surface area contributed by atoms with E-state index in [1.165, 1.54) is 11.1 Å². The number of ether oxygens (including phenoxy) is 2. The number of hydrogen-bond acceptors (Lipinski definition) is 4. The van der Waals surface area contributed by atoms with Crippen molar-refractivity contribution in [2.24, 2.45) is 0 Å². The Morgan fingerprint density at radius 3 is 1.36 bits per heavy atom. The number of epoxide rings is 2. The van der Waals surface area contributed by atoms with E-state index in [0.717, 1.165) is 11.1 Å². The van der Waals surface area contributed by atoms with Gasteiger partial charge in [0, 0.05) is 5.41 Å². The van der Waals surface area contributed by atoms with Gasteiger partial charge in [-0.05, 0) is 22.3 Å². The normalized spacial score (nSPS) is 28.0. The Morgan fingerprint density at radius 1 is 0.720 bits per heavy atom. The maximum atomic E-state index is 9.12. The Hall–Kier alpha value is -1.72. The SMILES string of the molecule is CC(C)(c1ccc(C2OC2CO)cc1)c1ccc(C2OC2CO)cc1. The molecule has 4 heteroatoms. The minimum atomic E-state index is -0.112. The third kappa shape index (κ3) is 3.11. The van der Waals surface area contributed by atoms with E-state index in [2.05, 4.69) is 62.4 Å². The molecule has 2 N–H and O–H groups in total. The molecule has 0 radical (unpaired) electrons. The second kappa shape index (κ2) is 6.22. The first-order valence-electron chi connectivity index (χ1n) is 8.78. The van der Waals surface area contributed by atoms with Crippen LogP contribution < -0.4 is 0 Å². The molecule has 2 fully saturated rings. The lowest BCUT2D eigenvalue weighted by Gasteiger charge is -2.26. The summed E-state index contributed by atoms with van der Waals surface area (Å²) in [6.07, 6.45) is -0.00324. The van der Waals surface area contributed by atoms with Crippen molar-refractivity contribution in [2.75, 3.05) is 13.2 Å². The monoisotopic (exact) mass is 340 g/mol. The van der Waals surface area contributed by atoms with Crippen LogP contribution in [0.15, 0.2) is 48.5 Å². The highest BCUT2D eigenvalue weighted by Crippen LogP contribution is 2.41. The molecule has 0 spiro atoms. The van der Waals surface area contributed by atoms with Gasteiger partial charge in [0.15, 0.2) is 0 Å². The van der Waals surface area contributed by atoms with Gasteiger partial charge in [-0.15, -0.1) is 0 Å². The summed E-state index contributed by atoms with van der Waals surface area (Å²) in [6, 6.07) is 16.9. The zero-order valence-electron chi connectivity index (χ0n) is 14.6. The lowest BCUT2D eigenvalue weighted by molar-refractivity contribution is 0.242. The van der Waals surface area contributed by atoms with Crippen molar-refractivity contribution in [3.8, 4) is 0 Å². The number of aliphatic hydroxyl groups excluding tert-OH is 2. The molecule has 25 heavy (non-hydrogen) atoms. The summed E-state index contributed by atoms with van der Waals surface area (Å²) < 4.78 is 10.9. The second-order valence-corrected chi connectivity index (χ2v) is 7.42. The molecular formula is C21H24O4. The van der Waals surface area contributed by atoms with Crippen molar-refractivity contribution in [3.05, 3.63) is 70.8 Å². The molecule has 4 unspecified atom stereocenters. The first-order chi connectivity index (χ1) is 12.0. The van der Waals surface area contributed by atoms with Gasteiger partial charge in [0.1, 0.15) is 24.4 Å². The molecule has 0 aliphatic carbocycles. The van der Waals surface area contributed by atoms with Gasteiger partial charge in [0.2, 0.25) is 0 Å². The summed E-state index contributed by atoms with van der Waals surface area (Å²) in [5, 5.41) is 18.2. The molecule has 2 aromatic rings.